The van der Waals surface area contributed by atoms with Gasteiger partial charge in [-0.1, -0.05) is 12.8 Å². The molecule has 0 aromatic carbocycles. The Labute approximate surface area is 87.4 Å². The van der Waals surface area contributed by atoms with E-state index in [2.05, 4.69) is 11.8 Å². The Kier molecular flexibility index (Phi) is 3.13. The maximum Gasteiger partial charge on any atom is 0.0103 e. The fourth-order valence-electron chi connectivity index (χ4n) is 3.24. The second-order valence-corrected chi connectivity index (χ2v) is 4.82. The molecule has 0 radical (unpaired) electrons. The molecule has 2 saturated carbocycles. The summed E-state index contributed by atoms with van der Waals surface area (Å²) in [5.41, 5.74) is 6.21. The van der Waals surface area contributed by atoms with Crippen LogP contribution < -0.4 is 5.73 Å². The normalized spacial score (nSPS) is 36.6. The highest BCUT2D eigenvalue weighted by molar-refractivity contribution is 5.05. The Bertz CT molecular complexity index is 236. The zero-order valence-electron chi connectivity index (χ0n) is 9.13. The van der Waals surface area contributed by atoms with Gasteiger partial charge in [0.05, 0.1) is 0 Å². The lowest BCUT2D eigenvalue weighted by molar-refractivity contribution is 0.480. The van der Waals surface area contributed by atoms with E-state index in [1.54, 1.807) is 0 Å². The Morgan fingerprint density at radius 3 is 2.50 bits per heavy atom. The van der Waals surface area contributed by atoms with E-state index >= 15 is 0 Å². The van der Waals surface area contributed by atoms with Crippen molar-refractivity contribution in [3.8, 4) is 11.8 Å². The van der Waals surface area contributed by atoms with Crippen LogP contribution in [0.25, 0.3) is 0 Å². The van der Waals surface area contributed by atoms with Crippen LogP contribution in [0.5, 0.6) is 0 Å². The van der Waals surface area contributed by atoms with Crippen molar-refractivity contribution >= 4 is 0 Å². The summed E-state index contributed by atoms with van der Waals surface area (Å²) >= 11 is 0. The van der Waals surface area contributed by atoms with Gasteiger partial charge in [-0.3, -0.25) is 0 Å². The maximum absolute atomic E-state index is 6.21. The van der Waals surface area contributed by atoms with Crippen molar-refractivity contribution in [1.82, 2.24) is 0 Å². The number of nitrogens with two attached hydrogens (primary N) is 1. The van der Waals surface area contributed by atoms with Crippen LogP contribution in [0.3, 0.4) is 0 Å². The molecule has 0 bridgehead atoms. The summed E-state index contributed by atoms with van der Waals surface area (Å²) in [6.45, 7) is 1.91. The molecule has 0 aromatic rings. The molecular weight excluding hydrogens is 170 g/mol. The van der Waals surface area contributed by atoms with Gasteiger partial charge < -0.3 is 5.73 Å². The van der Waals surface area contributed by atoms with Gasteiger partial charge in [0.2, 0.25) is 0 Å². The van der Waals surface area contributed by atoms with Crippen LogP contribution >= 0.6 is 0 Å². The predicted octanol–water partition coefficient (Wildman–Crippen LogP) is 2.55. The summed E-state index contributed by atoms with van der Waals surface area (Å²) in [4.78, 5) is 0. The van der Waals surface area contributed by atoms with Gasteiger partial charge in [0.1, 0.15) is 0 Å². The highest BCUT2D eigenvalue weighted by atomic mass is 14.7. The molecule has 1 heteroatoms. The van der Waals surface area contributed by atoms with Crippen LogP contribution in [-0.2, 0) is 0 Å². The predicted molar refractivity (Wildman–Crippen MR) is 59.6 cm³/mol. The molecule has 78 valence electrons. The number of hydrogen-bond acceptors (Lipinski definition) is 1. The van der Waals surface area contributed by atoms with Crippen molar-refractivity contribution in [2.45, 2.75) is 51.5 Å². The molecule has 2 rings (SSSR count). The van der Waals surface area contributed by atoms with Crippen molar-refractivity contribution in [3.05, 3.63) is 0 Å². The summed E-state index contributed by atoms with van der Waals surface area (Å²) in [7, 11) is 0. The first-order valence-corrected chi connectivity index (χ1v) is 5.99. The van der Waals surface area contributed by atoms with Gasteiger partial charge in [0.25, 0.3) is 0 Å². The van der Waals surface area contributed by atoms with Crippen molar-refractivity contribution in [2.24, 2.45) is 23.5 Å². The van der Waals surface area contributed by atoms with Gasteiger partial charge in [-0.2, -0.15) is 0 Å². The second kappa shape index (κ2) is 4.36. The zero-order chi connectivity index (χ0) is 9.97. The zero-order valence-corrected chi connectivity index (χ0v) is 9.13. The highest BCUT2D eigenvalue weighted by Crippen LogP contribution is 2.57. The fourth-order valence-corrected chi connectivity index (χ4v) is 3.24. The molecule has 2 fully saturated rings. The van der Waals surface area contributed by atoms with Crippen LogP contribution in [0.2, 0.25) is 0 Å². The Balaban J connectivity index is 1.75. The fraction of sp³-hybridized carbons (Fsp3) is 0.846. The molecule has 0 amide bonds. The first kappa shape index (κ1) is 10.1. The Morgan fingerprint density at radius 2 is 1.93 bits per heavy atom. The summed E-state index contributed by atoms with van der Waals surface area (Å²) < 4.78 is 0. The monoisotopic (exact) mass is 191 g/mol. The van der Waals surface area contributed by atoms with Gasteiger partial charge in [-0.25, -0.2) is 0 Å². The lowest BCUT2D eigenvalue weighted by atomic mass is 10.0. The highest BCUT2D eigenvalue weighted by Gasteiger charge is 2.52. The van der Waals surface area contributed by atoms with Crippen molar-refractivity contribution in [1.29, 1.82) is 0 Å². The largest absolute Gasteiger partial charge is 0.327 e. The van der Waals surface area contributed by atoms with Gasteiger partial charge >= 0.3 is 0 Å². The average molecular weight is 191 g/mol. The summed E-state index contributed by atoms with van der Waals surface area (Å²) in [6.07, 6.45) is 7.88. The first-order chi connectivity index (χ1) is 6.84. The van der Waals surface area contributed by atoms with Gasteiger partial charge in [-0.05, 0) is 43.9 Å². The van der Waals surface area contributed by atoms with Crippen LogP contribution in [-0.4, -0.2) is 6.04 Å². The lowest BCUT2D eigenvalue weighted by Crippen LogP contribution is -2.23. The maximum atomic E-state index is 6.21. The SMILES string of the molecule is CC#CCCC(N)C1C2CCCCC21. The molecule has 2 aliphatic carbocycles. The third kappa shape index (κ3) is 1.96. The number of hydrogen-bond donors (Lipinski definition) is 1. The third-order valence-corrected chi connectivity index (χ3v) is 4.00. The lowest BCUT2D eigenvalue weighted by Gasteiger charge is -2.08. The first-order valence-electron chi connectivity index (χ1n) is 5.99. The second-order valence-electron chi connectivity index (χ2n) is 4.82. The molecule has 3 atom stereocenters. The quantitative estimate of drug-likeness (QED) is 0.682. The minimum Gasteiger partial charge on any atom is -0.327 e. The average Bonchev–Trinajstić information content (AvgIpc) is 2.92. The molecule has 0 heterocycles. The van der Waals surface area contributed by atoms with E-state index in [0.717, 1.165) is 30.6 Å². The van der Waals surface area contributed by atoms with Crippen LogP contribution in [0.15, 0.2) is 0 Å². The Morgan fingerprint density at radius 1 is 1.29 bits per heavy atom. The minimum atomic E-state index is 0.434. The number of fused-ring (bicyclic) bond motifs is 1. The van der Waals surface area contributed by atoms with E-state index < -0.39 is 0 Å². The summed E-state index contributed by atoms with van der Waals surface area (Å²) in [5.74, 6) is 8.90. The standard InChI is InChI=1S/C13H21N/c1-2-3-4-9-12(14)13-10-7-5-6-8-11(10)13/h10-13H,4-9,14H2,1H3. The van der Waals surface area contributed by atoms with Crippen LogP contribution in [0, 0.1) is 29.6 Å². The summed E-state index contributed by atoms with van der Waals surface area (Å²) in [6, 6.07) is 0.434. The Hall–Kier alpha value is -0.480. The van der Waals surface area contributed by atoms with Crippen molar-refractivity contribution in [2.75, 3.05) is 0 Å². The van der Waals surface area contributed by atoms with E-state index in [9.17, 15) is 0 Å². The molecular formula is C13H21N. The van der Waals surface area contributed by atoms with Gasteiger partial charge in [0, 0.05) is 12.5 Å². The summed E-state index contributed by atoms with van der Waals surface area (Å²) in [5, 5.41) is 0. The molecule has 1 nitrogen and oxygen atoms in total. The molecule has 0 aliphatic heterocycles. The molecule has 0 saturated heterocycles. The van der Waals surface area contributed by atoms with Gasteiger partial charge in [0.15, 0.2) is 0 Å². The molecule has 0 aromatic heterocycles. The number of rotatable bonds is 3. The van der Waals surface area contributed by atoms with Crippen LogP contribution in [0.4, 0.5) is 0 Å². The van der Waals surface area contributed by atoms with Gasteiger partial charge in [-0.15, -0.1) is 11.8 Å². The van der Waals surface area contributed by atoms with E-state index in [0.29, 0.717) is 6.04 Å². The topological polar surface area (TPSA) is 26.0 Å². The molecule has 2 aliphatic rings. The molecule has 0 spiro atoms. The minimum absolute atomic E-state index is 0.434. The van der Waals surface area contributed by atoms with E-state index in [1.807, 2.05) is 6.92 Å². The third-order valence-electron chi connectivity index (χ3n) is 4.00. The molecule has 2 N–H and O–H groups in total. The molecule has 3 unspecified atom stereocenters. The van der Waals surface area contributed by atoms with Crippen molar-refractivity contribution in [3.63, 3.8) is 0 Å². The van der Waals surface area contributed by atoms with E-state index in [4.69, 9.17) is 5.73 Å². The van der Waals surface area contributed by atoms with Crippen molar-refractivity contribution < 1.29 is 0 Å². The van der Waals surface area contributed by atoms with E-state index in [1.165, 1.54) is 25.7 Å². The van der Waals surface area contributed by atoms with Crippen LogP contribution in [0.1, 0.15) is 45.4 Å². The smallest absolute Gasteiger partial charge is 0.0103 e. The molecule has 14 heavy (non-hydrogen) atoms. The van der Waals surface area contributed by atoms with E-state index in [-0.39, 0.29) is 0 Å².